The largest absolute Gasteiger partial charge is 0.481 e. The molecule has 6 heteroatoms. The Morgan fingerprint density at radius 2 is 2.53 bits per heavy atom. The lowest BCUT2D eigenvalue weighted by Crippen LogP contribution is -2.14. The van der Waals surface area contributed by atoms with E-state index in [2.05, 4.69) is 11.1 Å². The molecule has 2 atom stereocenters. The van der Waals surface area contributed by atoms with Crippen LogP contribution in [-0.2, 0) is 6.54 Å². The van der Waals surface area contributed by atoms with Crippen LogP contribution in [0.4, 0.5) is 0 Å². The van der Waals surface area contributed by atoms with Crippen LogP contribution in [-0.4, -0.2) is 35.5 Å². The fraction of sp³-hybridized carbons (Fsp3) is 0.364. The monoisotopic (exact) mass is 232 g/mol. The standard InChI is InChI=1S/C11H12N4O2/c1-17-11-7(5-15-6-8(15)4-12)2-3-9(14-11)10(13)16/h2-3,8H,5-6H2,1H3,(H2,13,16). The van der Waals surface area contributed by atoms with Crippen molar-refractivity contribution in [2.24, 2.45) is 5.73 Å². The number of carbonyl (C=O) groups excluding carboxylic acids is 1. The molecule has 6 nitrogen and oxygen atoms in total. The number of amides is 1. The van der Waals surface area contributed by atoms with Gasteiger partial charge in [-0.25, -0.2) is 4.98 Å². The number of carbonyl (C=O) groups is 1. The molecule has 0 bridgehead atoms. The molecule has 2 unspecified atom stereocenters. The average molecular weight is 232 g/mol. The van der Waals surface area contributed by atoms with Crippen molar-refractivity contribution in [3.63, 3.8) is 0 Å². The van der Waals surface area contributed by atoms with Crippen molar-refractivity contribution in [3.8, 4) is 11.9 Å². The highest BCUT2D eigenvalue weighted by molar-refractivity contribution is 5.90. The molecular weight excluding hydrogens is 220 g/mol. The average Bonchev–Trinajstić information content (AvgIpc) is 3.07. The molecule has 1 aliphatic rings. The highest BCUT2D eigenvalue weighted by Gasteiger charge is 2.34. The van der Waals surface area contributed by atoms with E-state index in [9.17, 15) is 4.79 Å². The number of aromatic nitrogens is 1. The van der Waals surface area contributed by atoms with E-state index in [4.69, 9.17) is 15.7 Å². The lowest BCUT2D eigenvalue weighted by Gasteiger charge is -2.08. The van der Waals surface area contributed by atoms with E-state index in [0.29, 0.717) is 12.4 Å². The second-order valence-corrected chi connectivity index (χ2v) is 3.80. The lowest BCUT2D eigenvalue weighted by molar-refractivity contribution is 0.0994. The summed E-state index contributed by atoms with van der Waals surface area (Å²) in [7, 11) is 1.49. The Kier molecular flexibility index (Phi) is 2.93. The predicted octanol–water partition coefficient (Wildman–Crippen LogP) is -0.103. The van der Waals surface area contributed by atoms with Gasteiger partial charge in [0.2, 0.25) is 5.88 Å². The molecule has 2 heterocycles. The van der Waals surface area contributed by atoms with Gasteiger partial charge >= 0.3 is 0 Å². The third-order valence-corrected chi connectivity index (χ3v) is 2.62. The van der Waals surface area contributed by atoms with E-state index < -0.39 is 5.91 Å². The summed E-state index contributed by atoms with van der Waals surface area (Å²) >= 11 is 0. The molecule has 1 fully saturated rings. The Bertz CT molecular complexity index is 495. The van der Waals surface area contributed by atoms with E-state index >= 15 is 0 Å². The molecule has 17 heavy (non-hydrogen) atoms. The predicted molar refractivity (Wildman–Crippen MR) is 59.1 cm³/mol. The quantitative estimate of drug-likeness (QED) is 0.731. The van der Waals surface area contributed by atoms with Gasteiger partial charge in [0.25, 0.3) is 5.91 Å². The van der Waals surface area contributed by atoms with Gasteiger partial charge < -0.3 is 10.5 Å². The topological polar surface area (TPSA) is 92.0 Å². The normalized spacial score (nSPS) is 21.6. The van der Waals surface area contributed by atoms with Crippen molar-refractivity contribution in [1.29, 1.82) is 5.26 Å². The van der Waals surface area contributed by atoms with Crippen LogP contribution in [0.3, 0.4) is 0 Å². The molecule has 0 aliphatic carbocycles. The van der Waals surface area contributed by atoms with Crippen LogP contribution in [0.25, 0.3) is 0 Å². The molecule has 0 spiro atoms. The van der Waals surface area contributed by atoms with Crippen molar-refractivity contribution in [2.45, 2.75) is 12.6 Å². The molecule has 0 aromatic carbocycles. The van der Waals surface area contributed by atoms with Crippen LogP contribution in [0.15, 0.2) is 12.1 Å². The highest BCUT2D eigenvalue weighted by Crippen LogP contribution is 2.24. The fourth-order valence-electron chi connectivity index (χ4n) is 1.59. The van der Waals surface area contributed by atoms with E-state index in [-0.39, 0.29) is 11.7 Å². The van der Waals surface area contributed by atoms with Gasteiger partial charge in [-0.15, -0.1) is 0 Å². The van der Waals surface area contributed by atoms with Crippen LogP contribution < -0.4 is 10.5 Å². The van der Waals surface area contributed by atoms with Gasteiger partial charge in [0.15, 0.2) is 0 Å². The molecule has 2 N–H and O–H groups in total. The number of rotatable bonds is 4. The molecule has 1 saturated heterocycles. The summed E-state index contributed by atoms with van der Waals surface area (Å²) < 4.78 is 5.11. The van der Waals surface area contributed by atoms with E-state index in [1.807, 2.05) is 4.90 Å². The van der Waals surface area contributed by atoms with Crippen molar-refractivity contribution >= 4 is 5.91 Å². The first-order chi connectivity index (χ1) is 8.15. The summed E-state index contributed by atoms with van der Waals surface area (Å²) in [4.78, 5) is 17.0. The maximum absolute atomic E-state index is 11.0. The number of nitrogens with two attached hydrogens (primary N) is 1. The molecule has 0 radical (unpaired) electrons. The van der Waals surface area contributed by atoms with Gasteiger partial charge in [-0.3, -0.25) is 9.69 Å². The fourth-order valence-corrected chi connectivity index (χ4v) is 1.59. The van der Waals surface area contributed by atoms with Gasteiger partial charge in [0.1, 0.15) is 11.7 Å². The second-order valence-electron chi connectivity index (χ2n) is 3.80. The van der Waals surface area contributed by atoms with Crippen LogP contribution in [0, 0.1) is 11.3 Å². The Morgan fingerprint density at radius 1 is 1.76 bits per heavy atom. The van der Waals surface area contributed by atoms with Crippen molar-refractivity contribution in [2.75, 3.05) is 13.7 Å². The molecular formula is C11H12N4O2. The number of primary amides is 1. The zero-order valence-corrected chi connectivity index (χ0v) is 9.38. The minimum atomic E-state index is -0.587. The third-order valence-electron chi connectivity index (χ3n) is 2.62. The molecule has 1 amide bonds. The first kappa shape index (κ1) is 11.4. The molecule has 88 valence electrons. The van der Waals surface area contributed by atoms with E-state index in [0.717, 1.165) is 12.1 Å². The number of ether oxygens (including phenoxy) is 1. The molecule has 1 aliphatic heterocycles. The van der Waals surface area contributed by atoms with E-state index in [1.54, 1.807) is 12.1 Å². The minimum Gasteiger partial charge on any atom is -0.481 e. The maximum Gasteiger partial charge on any atom is 0.267 e. The smallest absolute Gasteiger partial charge is 0.267 e. The van der Waals surface area contributed by atoms with Gasteiger partial charge in [-0.1, -0.05) is 0 Å². The summed E-state index contributed by atoms with van der Waals surface area (Å²) in [5.74, 6) is -0.207. The van der Waals surface area contributed by atoms with Crippen LogP contribution in [0.5, 0.6) is 5.88 Å². The summed E-state index contributed by atoms with van der Waals surface area (Å²) in [6.07, 6.45) is 0. The molecule has 2 rings (SSSR count). The number of nitriles is 1. The summed E-state index contributed by atoms with van der Waals surface area (Å²) in [6.45, 7) is 1.35. The summed E-state index contributed by atoms with van der Waals surface area (Å²) in [6, 6.07) is 5.46. The van der Waals surface area contributed by atoms with Gasteiger partial charge in [0.05, 0.1) is 13.2 Å². The van der Waals surface area contributed by atoms with Crippen molar-refractivity contribution in [3.05, 3.63) is 23.4 Å². The SMILES string of the molecule is COc1nc(C(N)=O)ccc1CN1CC1C#N. The van der Waals surface area contributed by atoms with Crippen LogP contribution in [0.1, 0.15) is 16.1 Å². The Hall–Kier alpha value is -2.13. The van der Waals surface area contributed by atoms with Crippen molar-refractivity contribution in [1.82, 2.24) is 9.88 Å². The van der Waals surface area contributed by atoms with Crippen LogP contribution >= 0.6 is 0 Å². The Balaban J connectivity index is 2.17. The molecule has 0 saturated carbocycles. The Labute approximate surface area is 98.6 Å². The number of hydrogen-bond acceptors (Lipinski definition) is 5. The minimum absolute atomic E-state index is 0.0180. The third kappa shape index (κ3) is 2.34. The zero-order chi connectivity index (χ0) is 12.4. The van der Waals surface area contributed by atoms with Gasteiger partial charge in [-0.2, -0.15) is 5.26 Å². The van der Waals surface area contributed by atoms with Crippen molar-refractivity contribution < 1.29 is 9.53 Å². The number of nitrogens with zero attached hydrogens (tertiary/aromatic N) is 3. The summed E-state index contributed by atoms with van der Waals surface area (Å²) in [5.41, 5.74) is 6.15. The van der Waals surface area contributed by atoms with Gasteiger partial charge in [0, 0.05) is 18.7 Å². The zero-order valence-electron chi connectivity index (χ0n) is 9.38. The highest BCUT2D eigenvalue weighted by atomic mass is 16.5. The molecule has 1 aromatic heterocycles. The van der Waals surface area contributed by atoms with Gasteiger partial charge in [-0.05, 0) is 12.1 Å². The first-order valence-electron chi connectivity index (χ1n) is 5.13. The summed E-state index contributed by atoms with van der Waals surface area (Å²) in [5, 5.41) is 8.70. The van der Waals surface area contributed by atoms with E-state index in [1.165, 1.54) is 7.11 Å². The maximum atomic E-state index is 11.0. The number of pyridine rings is 1. The van der Waals surface area contributed by atoms with Crippen LogP contribution in [0.2, 0.25) is 0 Å². The molecule has 1 aromatic rings. The first-order valence-corrected chi connectivity index (χ1v) is 5.13. The second kappa shape index (κ2) is 4.39. The Morgan fingerprint density at radius 3 is 3.06 bits per heavy atom. The number of methoxy groups -OCH3 is 1. The number of hydrogen-bond donors (Lipinski definition) is 1. The lowest BCUT2D eigenvalue weighted by atomic mass is 10.2.